The van der Waals surface area contributed by atoms with Gasteiger partial charge in [-0.1, -0.05) is 29.8 Å². The van der Waals surface area contributed by atoms with Crippen LogP contribution >= 0.6 is 22.9 Å². The summed E-state index contributed by atoms with van der Waals surface area (Å²) in [7, 11) is 0. The number of rotatable bonds is 4. The number of nitrogens with zero attached hydrogens (tertiary/aromatic N) is 4. The van der Waals surface area contributed by atoms with E-state index in [0.29, 0.717) is 35.0 Å². The van der Waals surface area contributed by atoms with Crippen LogP contribution in [-0.4, -0.2) is 19.1 Å². The van der Waals surface area contributed by atoms with Crippen molar-refractivity contribution in [2.24, 2.45) is 0 Å². The topological polar surface area (TPSA) is 52.7 Å². The van der Waals surface area contributed by atoms with Gasteiger partial charge >= 0.3 is 0 Å². The number of hydrogen-bond acceptors (Lipinski definition) is 4. The maximum absolute atomic E-state index is 13.4. The van der Waals surface area contributed by atoms with Gasteiger partial charge in [-0.2, -0.15) is 0 Å². The van der Waals surface area contributed by atoms with Gasteiger partial charge in [-0.15, -0.1) is 11.3 Å². The number of benzene rings is 2. The summed E-state index contributed by atoms with van der Waals surface area (Å²) in [6, 6.07) is 15.6. The van der Waals surface area contributed by atoms with E-state index in [-0.39, 0.29) is 5.56 Å². The highest BCUT2D eigenvalue weighted by Gasteiger charge is 2.19. The Balaban J connectivity index is 1.76. The number of thiophene rings is 1. The Morgan fingerprint density at radius 3 is 2.60 bits per heavy atom. The Hall–Kier alpha value is -2.96. The van der Waals surface area contributed by atoms with Crippen molar-refractivity contribution in [1.82, 2.24) is 19.1 Å². The van der Waals surface area contributed by atoms with E-state index in [4.69, 9.17) is 16.6 Å². The second-order valence-corrected chi connectivity index (χ2v) is 8.74. The van der Waals surface area contributed by atoms with Gasteiger partial charge in [0, 0.05) is 27.6 Å². The molecule has 0 amide bonds. The summed E-state index contributed by atoms with van der Waals surface area (Å²) in [5.74, 6) is 0.694. The van der Waals surface area contributed by atoms with E-state index in [9.17, 15) is 4.79 Å². The van der Waals surface area contributed by atoms with Crippen molar-refractivity contribution in [3.8, 4) is 5.69 Å². The minimum Gasteiger partial charge on any atom is -0.315 e. The summed E-state index contributed by atoms with van der Waals surface area (Å²) in [4.78, 5) is 23.9. The molecule has 5 nitrogen and oxygen atoms in total. The van der Waals surface area contributed by atoms with Crippen molar-refractivity contribution < 1.29 is 0 Å². The monoisotopic (exact) mass is 434 g/mol. The normalized spacial score (nSPS) is 11.6. The van der Waals surface area contributed by atoms with Crippen LogP contribution in [0, 0.1) is 6.92 Å². The van der Waals surface area contributed by atoms with Crippen LogP contribution in [0.15, 0.2) is 59.7 Å². The van der Waals surface area contributed by atoms with E-state index >= 15 is 0 Å². The minimum atomic E-state index is -0.164. The van der Waals surface area contributed by atoms with Crippen LogP contribution in [-0.2, 0) is 13.0 Å². The van der Waals surface area contributed by atoms with Crippen molar-refractivity contribution in [3.63, 3.8) is 0 Å². The molecule has 0 radical (unpaired) electrons. The van der Waals surface area contributed by atoms with Crippen LogP contribution in [0.4, 0.5) is 0 Å². The van der Waals surface area contributed by atoms with Crippen LogP contribution in [0.1, 0.15) is 23.2 Å². The summed E-state index contributed by atoms with van der Waals surface area (Å²) < 4.78 is 4.81. The Bertz CT molecular complexity index is 1450. The van der Waals surface area contributed by atoms with Gasteiger partial charge in [0.25, 0.3) is 5.56 Å². The Labute approximate surface area is 182 Å². The van der Waals surface area contributed by atoms with Gasteiger partial charge in [0.15, 0.2) is 11.2 Å². The largest absolute Gasteiger partial charge is 0.315 e. The molecule has 0 aliphatic heterocycles. The van der Waals surface area contributed by atoms with Crippen molar-refractivity contribution >= 4 is 44.2 Å². The lowest BCUT2D eigenvalue weighted by atomic mass is 10.1. The fraction of sp³-hybridized carbons (Fsp3) is 0.174. The lowest BCUT2D eigenvalue weighted by Gasteiger charge is -2.13. The molecule has 0 fully saturated rings. The Morgan fingerprint density at radius 2 is 1.87 bits per heavy atom. The highest BCUT2D eigenvalue weighted by atomic mass is 35.5. The van der Waals surface area contributed by atoms with Crippen molar-refractivity contribution in [1.29, 1.82) is 0 Å². The highest BCUT2D eigenvalue weighted by molar-refractivity contribution is 7.19. The third-order valence-corrected chi connectivity index (χ3v) is 6.92. The van der Waals surface area contributed by atoms with Crippen molar-refractivity contribution in [3.05, 3.63) is 86.5 Å². The van der Waals surface area contributed by atoms with E-state index in [1.54, 1.807) is 34.4 Å². The molecule has 0 bridgehead atoms. The summed E-state index contributed by atoms with van der Waals surface area (Å²) in [5, 5.41) is 1.87. The third kappa shape index (κ3) is 3.04. The lowest BCUT2D eigenvalue weighted by molar-refractivity contribution is 0.766. The molecule has 0 atom stereocenters. The molecule has 0 aliphatic rings. The zero-order valence-electron chi connectivity index (χ0n) is 16.6. The first-order valence-corrected chi connectivity index (χ1v) is 11.0. The Kier molecular flexibility index (Phi) is 4.68. The van der Waals surface area contributed by atoms with Gasteiger partial charge in [0.05, 0.1) is 12.0 Å². The molecule has 0 aliphatic carbocycles. The average molecular weight is 435 g/mol. The second-order valence-electron chi connectivity index (χ2n) is 7.17. The van der Waals surface area contributed by atoms with Crippen LogP contribution in [0.3, 0.4) is 0 Å². The van der Waals surface area contributed by atoms with Gasteiger partial charge in [-0.3, -0.25) is 9.36 Å². The van der Waals surface area contributed by atoms with Gasteiger partial charge < -0.3 is 4.57 Å². The van der Waals surface area contributed by atoms with Crippen molar-refractivity contribution in [2.45, 2.75) is 26.8 Å². The summed E-state index contributed by atoms with van der Waals surface area (Å²) >= 11 is 7.82. The van der Waals surface area contributed by atoms with Crippen molar-refractivity contribution in [2.75, 3.05) is 0 Å². The minimum absolute atomic E-state index is 0.164. The van der Waals surface area contributed by atoms with E-state index in [0.717, 1.165) is 5.69 Å². The number of aromatic nitrogens is 4. The molecule has 5 rings (SSSR count). The average Bonchev–Trinajstić information content (AvgIpc) is 3.31. The molecule has 0 saturated heterocycles. The Morgan fingerprint density at radius 1 is 1.10 bits per heavy atom. The molecule has 0 N–H and O–H groups in total. The molecule has 3 heterocycles. The van der Waals surface area contributed by atoms with Gasteiger partial charge in [-0.25, -0.2) is 9.97 Å². The standard InChI is InChI=1S/C23H19ClN4OS/c1-3-27-13-25-21-22(27)26-20(28(23(21)29)16-10-8-15(24)9-11-16)12-19-14(2)17-6-4-5-7-18(17)30-19/h4-11,13H,3,12H2,1-2H3. The SMILES string of the molecule is CCn1cnc2c(=O)n(-c3ccc(Cl)cc3)c(Cc3sc4ccccc4c3C)nc21. The zero-order valence-corrected chi connectivity index (χ0v) is 18.2. The number of halogens is 1. The van der Waals surface area contributed by atoms with Crippen LogP contribution < -0.4 is 5.56 Å². The predicted octanol–water partition coefficient (Wildman–Crippen LogP) is 5.37. The van der Waals surface area contributed by atoms with Gasteiger partial charge in [0.1, 0.15) is 5.82 Å². The molecule has 3 aromatic heterocycles. The molecule has 0 unspecified atom stereocenters. The molecular formula is C23H19ClN4OS. The third-order valence-electron chi connectivity index (χ3n) is 5.40. The fourth-order valence-corrected chi connectivity index (χ4v) is 5.12. The lowest BCUT2D eigenvalue weighted by Crippen LogP contribution is -2.24. The molecule has 7 heteroatoms. The molecule has 0 spiro atoms. The van der Waals surface area contributed by atoms with E-state index in [1.165, 1.54) is 20.5 Å². The quantitative estimate of drug-likeness (QED) is 0.382. The summed E-state index contributed by atoms with van der Waals surface area (Å²) in [6.07, 6.45) is 2.24. The first-order valence-electron chi connectivity index (χ1n) is 9.76. The van der Waals surface area contributed by atoms with Crippen LogP contribution in [0.5, 0.6) is 0 Å². The first kappa shape index (κ1) is 19.0. The zero-order chi connectivity index (χ0) is 20.8. The molecule has 0 saturated carbocycles. The molecule has 2 aromatic carbocycles. The number of aryl methyl sites for hydroxylation is 2. The molecule has 30 heavy (non-hydrogen) atoms. The van der Waals surface area contributed by atoms with Crippen LogP contribution in [0.25, 0.3) is 26.9 Å². The van der Waals surface area contributed by atoms with E-state index in [1.807, 2.05) is 23.6 Å². The highest BCUT2D eigenvalue weighted by Crippen LogP contribution is 2.32. The maximum atomic E-state index is 13.4. The second kappa shape index (κ2) is 7.38. The number of fused-ring (bicyclic) bond motifs is 2. The van der Waals surface area contributed by atoms with Gasteiger partial charge in [-0.05, 0) is 55.1 Å². The summed E-state index contributed by atoms with van der Waals surface area (Å²) in [6.45, 7) is 4.85. The molecule has 5 aromatic rings. The van der Waals surface area contributed by atoms with E-state index in [2.05, 4.69) is 36.2 Å². The van der Waals surface area contributed by atoms with E-state index < -0.39 is 0 Å². The molecule has 150 valence electrons. The summed E-state index contributed by atoms with van der Waals surface area (Å²) in [5.41, 5.74) is 2.81. The smallest absolute Gasteiger partial charge is 0.286 e. The maximum Gasteiger partial charge on any atom is 0.286 e. The molecular weight excluding hydrogens is 416 g/mol. The van der Waals surface area contributed by atoms with Gasteiger partial charge in [0.2, 0.25) is 0 Å². The predicted molar refractivity (Wildman–Crippen MR) is 123 cm³/mol. The fourth-order valence-electron chi connectivity index (χ4n) is 3.78. The first-order chi connectivity index (χ1) is 14.6. The number of hydrogen-bond donors (Lipinski definition) is 0. The van der Waals surface area contributed by atoms with Crippen LogP contribution in [0.2, 0.25) is 5.02 Å². The number of imidazole rings is 1.